The number of unbranched alkanes of at least 4 members (excludes halogenated alkanes) is 49. The normalized spacial score (nSPS) is 17.8. The Kier molecular flexibility index (Phi) is 67.2. The molecular formula is C82H151NO10. The van der Waals surface area contributed by atoms with Crippen molar-refractivity contribution >= 4 is 11.9 Å². The van der Waals surface area contributed by atoms with Gasteiger partial charge < -0.3 is 45.1 Å². The summed E-state index contributed by atoms with van der Waals surface area (Å²) in [6.45, 7) is 4.31. The number of allylic oxidation sites excluding steroid dienone is 9. The average Bonchev–Trinajstić information content (AvgIpc) is 1.10. The van der Waals surface area contributed by atoms with Gasteiger partial charge in [0, 0.05) is 12.8 Å². The third-order valence-corrected chi connectivity index (χ3v) is 18.8. The molecule has 93 heavy (non-hydrogen) atoms. The molecule has 1 aliphatic rings. The minimum atomic E-state index is -1.58. The fraction of sp³-hybridized carbons (Fsp3) is 0.854. The maximum Gasteiger partial charge on any atom is 0.305 e. The number of carbonyl (C=O) groups is 2. The van der Waals surface area contributed by atoms with Crippen molar-refractivity contribution < 1.29 is 49.3 Å². The molecule has 0 radical (unpaired) electrons. The van der Waals surface area contributed by atoms with Crippen LogP contribution in [-0.4, -0.2) is 100 Å². The van der Waals surface area contributed by atoms with E-state index < -0.39 is 49.5 Å². The van der Waals surface area contributed by atoms with Gasteiger partial charge in [-0.05, 0) is 103 Å². The van der Waals surface area contributed by atoms with Gasteiger partial charge in [-0.2, -0.15) is 0 Å². The molecule has 11 heteroatoms. The minimum Gasteiger partial charge on any atom is -0.466 e. The zero-order valence-electron chi connectivity index (χ0n) is 60.7. The first-order chi connectivity index (χ1) is 45.7. The molecule has 1 heterocycles. The summed E-state index contributed by atoms with van der Waals surface area (Å²) in [6, 6.07) is -0.825. The molecule has 1 aliphatic heterocycles. The molecule has 0 spiro atoms. The third-order valence-electron chi connectivity index (χ3n) is 18.8. The van der Waals surface area contributed by atoms with Crippen molar-refractivity contribution in [2.45, 2.75) is 429 Å². The molecule has 1 amide bonds. The van der Waals surface area contributed by atoms with Crippen LogP contribution in [0.2, 0.25) is 0 Å². The monoisotopic (exact) mass is 1310 g/mol. The number of esters is 1. The fourth-order valence-electron chi connectivity index (χ4n) is 12.5. The molecule has 0 aromatic rings. The number of aliphatic hydroxyl groups is 5. The molecule has 544 valence electrons. The average molecular weight is 1310 g/mol. The van der Waals surface area contributed by atoms with Crippen LogP contribution in [0.1, 0.15) is 386 Å². The van der Waals surface area contributed by atoms with Crippen LogP contribution < -0.4 is 5.32 Å². The molecule has 7 atom stereocenters. The Balaban J connectivity index is 1.86. The lowest BCUT2D eigenvalue weighted by atomic mass is 9.99. The summed E-state index contributed by atoms with van der Waals surface area (Å²) >= 11 is 0. The van der Waals surface area contributed by atoms with Gasteiger partial charge in [-0.3, -0.25) is 9.59 Å². The quantitative estimate of drug-likeness (QED) is 0.0195. The van der Waals surface area contributed by atoms with Gasteiger partial charge in [-0.25, -0.2) is 0 Å². The zero-order valence-corrected chi connectivity index (χ0v) is 60.7. The molecule has 0 bridgehead atoms. The van der Waals surface area contributed by atoms with E-state index in [4.69, 9.17) is 14.2 Å². The number of carbonyl (C=O) groups excluding carboxylic acids is 2. The Morgan fingerprint density at radius 2 is 0.731 bits per heavy atom. The Hall–Kier alpha value is -2.64. The van der Waals surface area contributed by atoms with Crippen molar-refractivity contribution in [1.29, 1.82) is 0 Å². The summed E-state index contributed by atoms with van der Waals surface area (Å²) in [6.07, 6.45) is 85.7. The zero-order chi connectivity index (χ0) is 67.2. The number of aliphatic hydroxyl groups excluding tert-OH is 5. The summed E-state index contributed by atoms with van der Waals surface area (Å²) in [5, 5.41) is 54.3. The van der Waals surface area contributed by atoms with Crippen LogP contribution in [0.25, 0.3) is 0 Å². The van der Waals surface area contributed by atoms with E-state index in [1.807, 2.05) is 6.08 Å². The first kappa shape index (κ1) is 88.4. The molecule has 0 aliphatic carbocycles. The SMILES string of the molecule is CCCCC/C=C/CC/C=C/C(O)C(COC1OC(CO)C(O)C(O)C1O)NC(=O)CCCCCCCCCCCCCCCCCCC/C=C\C/C=C\CCCCCCCCCCCCCCCOC(=O)CCCCCCCCCCC/C=C\CCCCCCCC. The summed E-state index contributed by atoms with van der Waals surface area (Å²) in [5.74, 6) is -0.179. The fourth-order valence-corrected chi connectivity index (χ4v) is 12.5. The molecule has 1 fully saturated rings. The largest absolute Gasteiger partial charge is 0.466 e. The summed E-state index contributed by atoms with van der Waals surface area (Å²) in [7, 11) is 0. The van der Waals surface area contributed by atoms with Gasteiger partial charge in [0.1, 0.15) is 24.4 Å². The van der Waals surface area contributed by atoms with Gasteiger partial charge in [-0.1, -0.05) is 331 Å². The van der Waals surface area contributed by atoms with Gasteiger partial charge in [0.25, 0.3) is 0 Å². The summed E-state index contributed by atoms with van der Waals surface area (Å²) < 4.78 is 16.7. The van der Waals surface area contributed by atoms with E-state index in [1.54, 1.807) is 6.08 Å². The van der Waals surface area contributed by atoms with Crippen LogP contribution in [0.5, 0.6) is 0 Å². The molecule has 0 aromatic heterocycles. The molecule has 0 aromatic carbocycles. The standard InChI is InChI=1S/C82H151NO10/c1-3-5-7-9-11-13-14-15-16-17-37-41-44-47-50-54-58-62-66-70-78(87)91-71-67-63-59-55-51-48-45-42-39-36-34-32-30-28-26-24-22-20-18-19-21-23-25-27-29-31-33-35-38-40-43-46-49-53-57-61-65-69-77(86)83-74(75(85)68-64-60-56-52-12-10-8-6-4-2)73-92-82-81(90)80(89)79(88)76(72-84)93-82/h12,15-16,18,20,24,26,52,64,68,74-76,79-82,84-85,88-90H,3-11,13-14,17,19,21-23,25,27-51,53-63,65-67,69-73H2,1-2H3,(H,83,86)/b16-15-,20-18-,26-24-,52-12+,68-64+. The Labute approximate surface area is 573 Å². The Morgan fingerprint density at radius 3 is 1.15 bits per heavy atom. The van der Waals surface area contributed by atoms with Crippen LogP contribution >= 0.6 is 0 Å². The van der Waals surface area contributed by atoms with Crippen LogP contribution in [0.4, 0.5) is 0 Å². The molecule has 1 rings (SSSR count). The lowest BCUT2D eigenvalue weighted by molar-refractivity contribution is -0.302. The molecule has 0 saturated carbocycles. The van der Waals surface area contributed by atoms with Gasteiger partial charge >= 0.3 is 5.97 Å². The van der Waals surface area contributed by atoms with Crippen molar-refractivity contribution in [3.63, 3.8) is 0 Å². The maximum atomic E-state index is 13.0. The van der Waals surface area contributed by atoms with E-state index >= 15 is 0 Å². The second kappa shape index (κ2) is 70.7. The number of nitrogens with one attached hydrogen (secondary N) is 1. The van der Waals surface area contributed by atoms with E-state index in [0.717, 1.165) is 64.2 Å². The second-order valence-corrected chi connectivity index (χ2v) is 27.7. The number of hydrogen-bond acceptors (Lipinski definition) is 10. The molecule has 6 N–H and O–H groups in total. The van der Waals surface area contributed by atoms with E-state index in [9.17, 15) is 35.1 Å². The van der Waals surface area contributed by atoms with E-state index in [1.165, 1.54) is 295 Å². The van der Waals surface area contributed by atoms with Crippen molar-refractivity contribution in [1.82, 2.24) is 5.32 Å². The van der Waals surface area contributed by atoms with Crippen molar-refractivity contribution in [3.05, 3.63) is 60.8 Å². The summed E-state index contributed by atoms with van der Waals surface area (Å²) in [4.78, 5) is 25.2. The van der Waals surface area contributed by atoms with Crippen LogP contribution in [0, 0.1) is 0 Å². The first-order valence-corrected chi connectivity index (χ1v) is 40.1. The highest BCUT2D eigenvalue weighted by atomic mass is 16.7. The van der Waals surface area contributed by atoms with Crippen molar-refractivity contribution in [2.75, 3.05) is 19.8 Å². The molecule has 7 unspecified atom stereocenters. The molecule has 1 saturated heterocycles. The van der Waals surface area contributed by atoms with Gasteiger partial charge in [-0.15, -0.1) is 0 Å². The van der Waals surface area contributed by atoms with Gasteiger partial charge in [0.15, 0.2) is 6.29 Å². The summed E-state index contributed by atoms with van der Waals surface area (Å²) in [5.41, 5.74) is 0. The Morgan fingerprint density at radius 1 is 0.398 bits per heavy atom. The number of hydrogen-bond donors (Lipinski definition) is 6. The van der Waals surface area contributed by atoms with Crippen molar-refractivity contribution in [2.24, 2.45) is 0 Å². The highest BCUT2D eigenvalue weighted by molar-refractivity contribution is 5.76. The predicted octanol–water partition coefficient (Wildman–Crippen LogP) is 21.6. The second-order valence-electron chi connectivity index (χ2n) is 27.7. The third kappa shape index (κ3) is 59.2. The van der Waals surface area contributed by atoms with Gasteiger partial charge in [0.2, 0.25) is 5.91 Å². The first-order valence-electron chi connectivity index (χ1n) is 40.1. The van der Waals surface area contributed by atoms with E-state index in [2.05, 4.69) is 67.8 Å². The lowest BCUT2D eigenvalue weighted by Gasteiger charge is -2.40. The highest BCUT2D eigenvalue weighted by Gasteiger charge is 2.44. The van der Waals surface area contributed by atoms with E-state index in [-0.39, 0.29) is 18.5 Å². The molecule has 11 nitrogen and oxygen atoms in total. The number of amides is 1. The highest BCUT2D eigenvalue weighted by Crippen LogP contribution is 2.24. The number of rotatable bonds is 71. The van der Waals surface area contributed by atoms with E-state index in [0.29, 0.717) is 19.4 Å². The minimum absolute atomic E-state index is 0.0122. The topological polar surface area (TPSA) is 175 Å². The lowest BCUT2D eigenvalue weighted by Crippen LogP contribution is -2.60. The van der Waals surface area contributed by atoms with Crippen LogP contribution in [-0.2, 0) is 23.8 Å². The van der Waals surface area contributed by atoms with Crippen LogP contribution in [0.15, 0.2) is 60.8 Å². The maximum absolute atomic E-state index is 13.0. The van der Waals surface area contributed by atoms with Crippen LogP contribution in [0.3, 0.4) is 0 Å². The molecular weight excluding hydrogens is 1160 g/mol. The van der Waals surface area contributed by atoms with Gasteiger partial charge in [0.05, 0.1) is 32.0 Å². The number of ether oxygens (including phenoxy) is 3. The smallest absolute Gasteiger partial charge is 0.305 e. The predicted molar refractivity (Wildman–Crippen MR) is 393 cm³/mol. The van der Waals surface area contributed by atoms with Crippen molar-refractivity contribution in [3.8, 4) is 0 Å². The Bertz CT molecular complexity index is 1730.